The summed E-state index contributed by atoms with van der Waals surface area (Å²) in [5.74, 6) is -1.00. The minimum Gasteiger partial charge on any atom is -0.437 e. The predicted molar refractivity (Wildman–Crippen MR) is 53.5 cm³/mol. The Morgan fingerprint density at radius 3 is 2.62 bits per heavy atom. The molecule has 82 valence electrons. The Morgan fingerprint density at radius 2 is 1.94 bits per heavy atom. The standard InChI is InChI=1S/C10H5ClF2N2O/c11-7-3-6(12)1-2-8(7)16-10-4-9(13)14-5-15-10/h1-5H. The van der Waals surface area contributed by atoms with Gasteiger partial charge in [-0.25, -0.2) is 14.4 Å². The Kier molecular flexibility index (Phi) is 2.96. The van der Waals surface area contributed by atoms with Crippen LogP contribution in [0.15, 0.2) is 30.6 Å². The monoisotopic (exact) mass is 242 g/mol. The van der Waals surface area contributed by atoms with Crippen LogP contribution >= 0.6 is 11.6 Å². The summed E-state index contributed by atoms with van der Waals surface area (Å²) in [6, 6.07) is 4.60. The van der Waals surface area contributed by atoms with Crippen LogP contribution < -0.4 is 4.74 Å². The number of ether oxygens (including phenoxy) is 1. The summed E-state index contributed by atoms with van der Waals surface area (Å²) in [5.41, 5.74) is 0. The molecular formula is C10H5ClF2N2O. The summed E-state index contributed by atoms with van der Waals surface area (Å²) in [4.78, 5) is 6.94. The van der Waals surface area contributed by atoms with Crippen molar-refractivity contribution in [2.75, 3.05) is 0 Å². The molecule has 0 saturated carbocycles. The number of halogens is 3. The highest BCUT2D eigenvalue weighted by molar-refractivity contribution is 6.32. The van der Waals surface area contributed by atoms with E-state index in [9.17, 15) is 8.78 Å². The van der Waals surface area contributed by atoms with E-state index in [0.29, 0.717) is 0 Å². The molecule has 3 nitrogen and oxygen atoms in total. The minimum absolute atomic E-state index is 0.000933. The predicted octanol–water partition coefficient (Wildman–Crippen LogP) is 3.20. The van der Waals surface area contributed by atoms with E-state index in [1.165, 1.54) is 12.1 Å². The highest BCUT2D eigenvalue weighted by atomic mass is 35.5. The SMILES string of the molecule is Fc1ccc(Oc2cc(F)ncn2)c(Cl)c1. The molecule has 2 rings (SSSR count). The van der Waals surface area contributed by atoms with E-state index in [-0.39, 0.29) is 16.7 Å². The lowest BCUT2D eigenvalue weighted by molar-refractivity contribution is 0.449. The second-order valence-electron chi connectivity index (χ2n) is 2.86. The summed E-state index contributed by atoms with van der Waals surface area (Å²) in [6.07, 6.45) is 1.02. The zero-order chi connectivity index (χ0) is 11.5. The van der Waals surface area contributed by atoms with Gasteiger partial charge in [0.25, 0.3) is 0 Å². The highest BCUT2D eigenvalue weighted by Crippen LogP contribution is 2.28. The third kappa shape index (κ3) is 2.43. The lowest BCUT2D eigenvalue weighted by Gasteiger charge is -2.05. The van der Waals surface area contributed by atoms with Crippen molar-refractivity contribution in [2.24, 2.45) is 0 Å². The summed E-state index contributed by atoms with van der Waals surface area (Å²) in [5, 5.41) is 0.0824. The van der Waals surface area contributed by atoms with Crippen molar-refractivity contribution in [1.82, 2.24) is 9.97 Å². The molecule has 0 bridgehead atoms. The van der Waals surface area contributed by atoms with Gasteiger partial charge in [0.15, 0.2) is 0 Å². The Hall–Kier alpha value is -1.75. The van der Waals surface area contributed by atoms with Gasteiger partial charge in [0.05, 0.1) is 11.1 Å². The smallest absolute Gasteiger partial charge is 0.225 e. The van der Waals surface area contributed by atoms with Crippen LogP contribution in [0.3, 0.4) is 0 Å². The second kappa shape index (κ2) is 4.40. The normalized spacial score (nSPS) is 10.2. The molecule has 0 aliphatic carbocycles. The number of hydrogen-bond donors (Lipinski definition) is 0. The summed E-state index contributed by atoms with van der Waals surface area (Å²) >= 11 is 5.72. The van der Waals surface area contributed by atoms with Crippen LogP contribution in [0.1, 0.15) is 0 Å². The van der Waals surface area contributed by atoms with E-state index in [4.69, 9.17) is 16.3 Å². The molecule has 0 saturated heterocycles. The molecule has 0 N–H and O–H groups in total. The fraction of sp³-hybridized carbons (Fsp3) is 0. The van der Waals surface area contributed by atoms with Gasteiger partial charge in [0.1, 0.15) is 17.9 Å². The number of nitrogens with zero attached hydrogens (tertiary/aromatic N) is 2. The van der Waals surface area contributed by atoms with E-state index in [1.807, 2.05) is 0 Å². The first-order chi connectivity index (χ1) is 7.65. The van der Waals surface area contributed by atoms with E-state index in [0.717, 1.165) is 18.5 Å². The van der Waals surface area contributed by atoms with Gasteiger partial charge in [0.2, 0.25) is 11.8 Å². The van der Waals surface area contributed by atoms with Crippen molar-refractivity contribution in [3.05, 3.63) is 47.4 Å². The fourth-order valence-corrected chi connectivity index (χ4v) is 1.25. The molecule has 0 radical (unpaired) electrons. The van der Waals surface area contributed by atoms with Crippen molar-refractivity contribution in [3.63, 3.8) is 0 Å². The largest absolute Gasteiger partial charge is 0.437 e. The Labute approximate surface area is 94.7 Å². The molecule has 0 spiro atoms. The molecule has 0 unspecified atom stereocenters. The maximum Gasteiger partial charge on any atom is 0.225 e. The van der Waals surface area contributed by atoms with Crippen molar-refractivity contribution in [3.8, 4) is 11.6 Å². The molecule has 1 heterocycles. The summed E-state index contributed by atoms with van der Waals surface area (Å²) in [6.45, 7) is 0. The minimum atomic E-state index is -0.719. The first-order valence-corrected chi connectivity index (χ1v) is 4.63. The number of benzene rings is 1. The Balaban J connectivity index is 2.27. The quantitative estimate of drug-likeness (QED) is 0.759. The zero-order valence-electron chi connectivity index (χ0n) is 7.82. The van der Waals surface area contributed by atoms with Crippen LogP contribution in [0.2, 0.25) is 5.02 Å². The lowest BCUT2D eigenvalue weighted by atomic mass is 10.3. The zero-order valence-corrected chi connectivity index (χ0v) is 8.58. The van der Waals surface area contributed by atoms with E-state index < -0.39 is 11.8 Å². The van der Waals surface area contributed by atoms with Gasteiger partial charge in [-0.05, 0) is 18.2 Å². The molecule has 0 atom stereocenters. The summed E-state index contributed by atoms with van der Waals surface area (Å²) in [7, 11) is 0. The van der Waals surface area contributed by atoms with E-state index in [1.54, 1.807) is 0 Å². The second-order valence-corrected chi connectivity index (χ2v) is 3.26. The average molecular weight is 243 g/mol. The molecule has 0 aliphatic rings. The molecule has 0 aliphatic heterocycles. The van der Waals surface area contributed by atoms with Gasteiger partial charge in [-0.15, -0.1) is 0 Å². The van der Waals surface area contributed by atoms with Gasteiger partial charge in [-0.2, -0.15) is 4.39 Å². The van der Waals surface area contributed by atoms with E-state index in [2.05, 4.69) is 9.97 Å². The summed E-state index contributed by atoms with van der Waals surface area (Å²) < 4.78 is 30.6. The van der Waals surface area contributed by atoms with Gasteiger partial charge >= 0.3 is 0 Å². The van der Waals surface area contributed by atoms with Crippen LogP contribution in [-0.2, 0) is 0 Å². The number of hydrogen-bond acceptors (Lipinski definition) is 3. The molecule has 1 aromatic heterocycles. The van der Waals surface area contributed by atoms with Crippen molar-refractivity contribution < 1.29 is 13.5 Å². The third-order valence-corrected chi connectivity index (χ3v) is 2.01. The molecule has 16 heavy (non-hydrogen) atoms. The molecule has 1 aromatic carbocycles. The van der Waals surface area contributed by atoms with Crippen LogP contribution in [0.25, 0.3) is 0 Å². The Bertz CT molecular complexity index is 522. The first kappa shape index (κ1) is 10.8. The average Bonchev–Trinajstić information content (AvgIpc) is 2.22. The molecule has 6 heteroatoms. The maximum absolute atomic E-state index is 12.7. The van der Waals surface area contributed by atoms with Crippen LogP contribution in [-0.4, -0.2) is 9.97 Å². The lowest BCUT2D eigenvalue weighted by Crippen LogP contribution is -1.91. The van der Waals surface area contributed by atoms with Crippen molar-refractivity contribution >= 4 is 11.6 Å². The van der Waals surface area contributed by atoms with Crippen molar-refractivity contribution in [2.45, 2.75) is 0 Å². The maximum atomic E-state index is 12.7. The third-order valence-electron chi connectivity index (χ3n) is 1.72. The molecule has 0 amide bonds. The molecular weight excluding hydrogens is 238 g/mol. The van der Waals surface area contributed by atoms with Gasteiger partial charge in [-0.3, -0.25) is 0 Å². The van der Waals surface area contributed by atoms with Gasteiger partial charge in [-0.1, -0.05) is 11.6 Å². The van der Waals surface area contributed by atoms with Crippen LogP contribution in [0.5, 0.6) is 11.6 Å². The highest BCUT2D eigenvalue weighted by Gasteiger charge is 2.06. The van der Waals surface area contributed by atoms with Gasteiger partial charge in [0, 0.05) is 0 Å². The molecule has 0 fully saturated rings. The fourth-order valence-electron chi connectivity index (χ4n) is 1.04. The molecule has 2 aromatic rings. The topological polar surface area (TPSA) is 35.0 Å². The number of rotatable bonds is 2. The van der Waals surface area contributed by atoms with Gasteiger partial charge < -0.3 is 4.74 Å². The number of aromatic nitrogens is 2. The van der Waals surface area contributed by atoms with Crippen LogP contribution in [0, 0.1) is 11.8 Å². The van der Waals surface area contributed by atoms with Crippen LogP contribution in [0.4, 0.5) is 8.78 Å². The first-order valence-electron chi connectivity index (χ1n) is 4.25. The van der Waals surface area contributed by atoms with E-state index >= 15 is 0 Å². The Morgan fingerprint density at radius 1 is 1.12 bits per heavy atom. The van der Waals surface area contributed by atoms with Crippen molar-refractivity contribution in [1.29, 1.82) is 0 Å².